The van der Waals surface area contributed by atoms with Crippen LogP contribution in [0.4, 0.5) is 4.39 Å². The molecule has 0 atom stereocenters. The van der Waals surface area contributed by atoms with Crippen molar-refractivity contribution in [3.05, 3.63) is 119 Å². The summed E-state index contributed by atoms with van der Waals surface area (Å²) in [6.07, 6.45) is 0. The minimum absolute atomic E-state index is 0.278. The van der Waals surface area contributed by atoms with Crippen LogP contribution in [-0.2, 0) is 13.1 Å². The zero-order valence-electron chi connectivity index (χ0n) is 21.3. The van der Waals surface area contributed by atoms with Gasteiger partial charge in [0.2, 0.25) is 0 Å². The van der Waals surface area contributed by atoms with Crippen molar-refractivity contribution in [1.29, 1.82) is 0 Å². The molecule has 0 bridgehead atoms. The van der Waals surface area contributed by atoms with Gasteiger partial charge in [0.15, 0.2) is 0 Å². The number of rotatable bonds is 7. The number of H-pyrrole nitrogens is 1. The Balaban J connectivity index is 1.16. The van der Waals surface area contributed by atoms with Crippen molar-refractivity contribution in [2.75, 3.05) is 0 Å². The number of fused-ring (bicyclic) bond motifs is 1. The van der Waals surface area contributed by atoms with Crippen molar-refractivity contribution in [1.82, 2.24) is 20.4 Å². The zero-order valence-corrected chi connectivity index (χ0v) is 21.3. The van der Waals surface area contributed by atoms with Crippen LogP contribution in [0.15, 0.2) is 95.5 Å². The molecule has 4 aromatic carbocycles. The van der Waals surface area contributed by atoms with Crippen LogP contribution in [0.25, 0.3) is 44.7 Å². The van der Waals surface area contributed by atoms with Gasteiger partial charge in [-0.15, -0.1) is 0 Å². The van der Waals surface area contributed by atoms with Crippen molar-refractivity contribution >= 4 is 11.0 Å². The van der Waals surface area contributed by atoms with E-state index < -0.39 is 0 Å². The molecule has 0 saturated heterocycles. The van der Waals surface area contributed by atoms with Crippen molar-refractivity contribution in [2.24, 2.45) is 0 Å². The first-order valence-corrected chi connectivity index (χ1v) is 12.6. The Bertz CT molecular complexity index is 1730. The summed E-state index contributed by atoms with van der Waals surface area (Å²) in [6.45, 7) is 5.42. The van der Waals surface area contributed by atoms with Crippen LogP contribution in [-0.4, -0.2) is 15.1 Å². The SMILES string of the molecule is Cc1noc(C)c1-c1cccc(CNCc2cccc(-c3cccc(-c4nc5ccc(F)cc5[nH]4)c3)c2)c1. The van der Waals surface area contributed by atoms with E-state index in [9.17, 15) is 4.39 Å². The molecule has 2 aromatic heterocycles. The first kappa shape index (κ1) is 23.8. The lowest BCUT2D eigenvalue weighted by Crippen LogP contribution is -2.12. The quantitative estimate of drug-likeness (QED) is 0.236. The van der Waals surface area contributed by atoms with E-state index in [1.807, 2.05) is 26.0 Å². The number of aryl methyl sites for hydroxylation is 2. The molecule has 6 rings (SSSR count). The minimum atomic E-state index is -0.278. The molecule has 0 saturated carbocycles. The average molecular weight is 503 g/mol. The van der Waals surface area contributed by atoms with E-state index in [0.29, 0.717) is 5.52 Å². The normalized spacial score (nSPS) is 11.3. The largest absolute Gasteiger partial charge is 0.361 e. The van der Waals surface area contributed by atoms with Gasteiger partial charge in [-0.3, -0.25) is 0 Å². The molecule has 188 valence electrons. The highest BCUT2D eigenvalue weighted by Gasteiger charge is 2.12. The van der Waals surface area contributed by atoms with E-state index in [1.54, 1.807) is 6.07 Å². The smallest absolute Gasteiger partial charge is 0.141 e. The topological polar surface area (TPSA) is 66.7 Å². The molecule has 0 aliphatic carbocycles. The van der Waals surface area contributed by atoms with Gasteiger partial charge >= 0.3 is 0 Å². The molecule has 6 heteroatoms. The molecule has 38 heavy (non-hydrogen) atoms. The average Bonchev–Trinajstić information content (AvgIpc) is 3.51. The van der Waals surface area contributed by atoms with Crippen molar-refractivity contribution in [2.45, 2.75) is 26.9 Å². The Labute approximate surface area is 220 Å². The van der Waals surface area contributed by atoms with Crippen LogP contribution in [0.3, 0.4) is 0 Å². The predicted molar refractivity (Wildman–Crippen MR) is 149 cm³/mol. The van der Waals surface area contributed by atoms with Crippen LogP contribution in [0, 0.1) is 19.7 Å². The summed E-state index contributed by atoms with van der Waals surface area (Å²) in [5.41, 5.74) is 10.1. The summed E-state index contributed by atoms with van der Waals surface area (Å²) >= 11 is 0. The number of nitrogens with zero attached hydrogens (tertiary/aromatic N) is 2. The number of halogens is 1. The molecule has 2 heterocycles. The maximum atomic E-state index is 13.6. The maximum absolute atomic E-state index is 13.6. The molecule has 0 fully saturated rings. The van der Waals surface area contributed by atoms with Gasteiger partial charge in [0, 0.05) is 24.2 Å². The summed E-state index contributed by atoms with van der Waals surface area (Å²) in [4.78, 5) is 7.87. The molecule has 6 aromatic rings. The zero-order chi connectivity index (χ0) is 26.1. The minimum Gasteiger partial charge on any atom is -0.361 e. The van der Waals surface area contributed by atoms with Crippen LogP contribution in [0.5, 0.6) is 0 Å². The standard InChI is InChI=1S/C32H27FN4O/c1-20-31(21(2)38-37-20)26-10-4-7-23(15-26)19-34-18-22-6-3-8-24(14-22)25-9-5-11-27(16-25)32-35-29-13-12-28(33)17-30(29)36-32/h3-17,34H,18-19H2,1-2H3,(H,35,36). The van der Waals surface area contributed by atoms with Gasteiger partial charge in [0.1, 0.15) is 17.4 Å². The predicted octanol–water partition coefficient (Wildman–Crippen LogP) is 7.60. The lowest BCUT2D eigenvalue weighted by molar-refractivity contribution is 0.393. The number of aromatic nitrogens is 3. The lowest BCUT2D eigenvalue weighted by Gasteiger charge is -2.10. The number of nitrogens with one attached hydrogen (secondary N) is 2. The Morgan fingerprint density at radius 3 is 2.16 bits per heavy atom. The van der Waals surface area contributed by atoms with E-state index in [0.717, 1.165) is 63.7 Å². The third-order valence-electron chi connectivity index (χ3n) is 6.75. The van der Waals surface area contributed by atoms with Gasteiger partial charge in [-0.1, -0.05) is 59.8 Å². The molecule has 0 aliphatic heterocycles. The second-order valence-electron chi connectivity index (χ2n) is 9.53. The second-order valence-corrected chi connectivity index (χ2v) is 9.53. The third-order valence-corrected chi connectivity index (χ3v) is 6.75. The summed E-state index contributed by atoms with van der Waals surface area (Å²) in [5, 5.41) is 7.65. The Kier molecular flexibility index (Phi) is 6.32. The van der Waals surface area contributed by atoms with Gasteiger partial charge in [0.25, 0.3) is 0 Å². The molecule has 0 amide bonds. The van der Waals surface area contributed by atoms with Gasteiger partial charge in [-0.25, -0.2) is 9.37 Å². The van der Waals surface area contributed by atoms with Crippen molar-refractivity contribution < 1.29 is 8.91 Å². The second kappa shape index (κ2) is 10.1. The molecule has 0 radical (unpaired) electrons. The van der Waals surface area contributed by atoms with Crippen LogP contribution in [0.2, 0.25) is 0 Å². The summed E-state index contributed by atoms with van der Waals surface area (Å²) in [7, 11) is 0. The molecule has 0 aliphatic rings. The number of hydrogen-bond acceptors (Lipinski definition) is 4. The highest BCUT2D eigenvalue weighted by Crippen LogP contribution is 2.29. The van der Waals surface area contributed by atoms with Crippen molar-refractivity contribution in [3.8, 4) is 33.6 Å². The van der Waals surface area contributed by atoms with Crippen LogP contribution < -0.4 is 5.32 Å². The highest BCUT2D eigenvalue weighted by atomic mass is 19.1. The molecule has 2 N–H and O–H groups in total. The fraction of sp³-hybridized carbons (Fsp3) is 0.125. The Morgan fingerprint density at radius 1 is 0.763 bits per heavy atom. The van der Waals surface area contributed by atoms with Gasteiger partial charge in [0.05, 0.1) is 16.7 Å². The van der Waals surface area contributed by atoms with Crippen LogP contribution >= 0.6 is 0 Å². The Morgan fingerprint density at radius 2 is 1.42 bits per heavy atom. The fourth-order valence-electron chi connectivity index (χ4n) is 4.91. The lowest BCUT2D eigenvalue weighted by atomic mass is 10.0. The molecular formula is C32H27FN4O. The Hall–Kier alpha value is -4.55. The molecule has 5 nitrogen and oxygen atoms in total. The third kappa shape index (κ3) is 4.86. The monoisotopic (exact) mass is 502 g/mol. The fourth-order valence-corrected chi connectivity index (χ4v) is 4.91. The van der Waals surface area contributed by atoms with Crippen molar-refractivity contribution in [3.63, 3.8) is 0 Å². The molecule has 0 spiro atoms. The highest BCUT2D eigenvalue weighted by molar-refractivity contribution is 5.80. The summed E-state index contributed by atoms with van der Waals surface area (Å²) in [5.74, 6) is 1.28. The van der Waals surface area contributed by atoms with E-state index in [2.05, 4.69) is 81.1 Å². The first-order valence-electron chi connectivity index (χ1n) is 12.6. The van der Waals surface area contributed by atoms with Gasteiger partial charge in [-0.2, -0.15) is 0 Å². The maximum Gasteiger partial charge on any atom is 0.141 e. The summed E-state index contributed by atoms with van der Waals surface area (Å²) in [6, 6.07) is 29.9. The molecular weight excluding hydrogens is 475 g/mol. The van der Waals surface area contributed by atoms with E-state index in [-0.39, 0.29) is 5.82 Å². The van der Waals surface area contributed by atoms with E-state index in [4.69, 9.17) is 4.52 Å². The van der Waals surface area contributed by atoms with Crippen LogP contribution in [0.1, 0.15) is 22.6 Å². The molecule has 0 unspecified atom stereocenters. The number of imidazole rings is 1. The van der Waals surface area contributed by atoms with Gasteiger partial charge < -0.3 is 14.8 Å². The van der Waals surface area contributed by atoms with E-state index >= 15 is 0 Å². The van der Waals surface area contributed by atoms with Gasteiger partial charge in [-0.05, 0) is 78.1 Å². The number of hydrogen-bond donors (Lipinski definition) is 2. The van der Waals surface area contributed by atoms with E-state index in [1.165, 1.54) is 23.3 Å². The number of benzene rings is 4. The summed E-state index contributed by atoms with van der Waals surface area (Å²) < 4.78 is 18.9. The number of aromatic amines is 1. The first-order chi connectivity index (χ1) is 18.5.